The van der Waals surface area contributed by atoms with E-state index in [2.05, 4.69) is 0 Å². The lowest BCUT2D eigenvalue weighted by molar-refractivity contribution is -0.385. The first-order valence-corrected chi connectivity index (χ1v) is 13.7. The summed E-state index contributed by atoms with van der Waals surface area (Å²) in [7, 11) is 1.30. The quantitative estimate of drug-likeness (QED) is 0.121. The SMILES string of the molecule is CO[C@H]1O[C@H](COC(c2ccccc2)(c2ccccc2)c2ccccc2)[C@@H](O)[C@H](OC(=O)c2ccccc2[N+](=O)[O-])[C@H]1O. The van der Waals surface area contributed by atoms with Crippen molar-refractivity contribution in [3.63, 3.8) is 0 Å². The Labute approximate surface area is 248 Å². The fourth-order valence-corrected chi connectivity index (χ4v) is 5.34. The molecule has 0 amide bonds. The number of nitrogens with zero attached hydrogens (tertiary/aromatic N) is 1. The second-order valence-electron chi connectivity index (χ2n) is 9.99. The maximum absolute atomic E-state index is 13.0. The Bertz CT molecular complexity index is 1420. The smallest absolute Gasteiger partial charge is 0.345 e. The summed E-state index contributed by atoms with van der Waals surface area (Å²) in [6, 6.07) is 34.0. The molecule has 0 radical (unpaired) electrons. The molecule has 222 valence electrons. The third-order valence-corrected chi connectivity index (χ3v) is 7.44. The fourth-order valence-electron chi connectivity index (χ4n) is 5.34. The monoisotopic (exact) mass is 585 g/mol. The fraction of sp³-hybridized carbons (Fsp3) is 0.242. The van der Waals surface area contributed by atoms with Crippen LogP contribution in [0.4, 0.5) is 5.69 Å². The average Bonchev–Trinajstić information content (AvgIpc) is 3.05. The summed E-state index contributed by atoms with van der Waals surface area (Å²) in [5, 5.41) is 33.7. The second kappa shape index (κ2) is 13.2. The highest BCUT2D eigenvalue weighted by Gasteiger charge is 2.49. The van der Waals surface area contributed by atoms with E-state index in [1.165, 1.54) is 31.4 Å². The van der Waals surface area contributed by atoms with Crippen molar-refractivity contribution < 1.29 is 38.9 Å². The first kappa shape index (κ1) is 30.0. The molecule has 10 nitrogen and oxygen atoms in total. The predicted molar refractivity (Wildman–Crippen MR) is 155 cm³/mol. The Hall–Kier alpha value is -4.45. The van der Waals surface area contributed by atoms with Crippen molar-refractivity contribution in [1.82, 2.24) is 0 Å². The van der Waals surface area contributed by atoms with Gasteiger partial charge in [0.25, 0.3) is 5.69 Å². The van der Waals surface area contributed by atoms with Gasteiger partial charge in [-0.15, -0.1) is 0 Å². The number of aliphatic hydroxyl groups is 2. The predicted octanol–water partition coefficient (Wildman–Crippen LogP) is 4.22. The van der Waals surface area contributed by atoms with Crippen molar-refractivity contribution in [2.24, 2.45) is 0 Å². The molecule has 0 saturated carbocycles. The number of para-hydroxylation sites is 1. The number of hydrogen-bond acceptors (Lipinski definition) is 9. The van der Waals surface area contributed by atoms with Crippen LogP contribution in [0, 0.1) is 10.1 Å². The van der Waals surface area contributed by atoms with Crippen molar-refractivity contribution in [3.8, 4) is 0 Å². The number of nitro groups is 1. The maximum Gasteiger partial charge on any atom is 0.345 e. The second-order valence-corrected chi connectivity index (χ2v) is 9.99. The first-order chi connectivity index (χ1) is 20.9. The molecule has 10 heteroatoms. The van der Waals surface area contributed by atoms with Gasteiger partial charge in [0.15, 0.2) is 12.4 Å². The van der Waals surface area contributed by atoms with Crippen LogP contribution in [0.25, 0.3) is 0 Å². The molecule has 1 saturated heterocycles. The summed E-state index contributed by atoms with van der Waals surface area (Å²) in [5.41, 5.74) is 0.533. The molecule has 0 unspecified atom stereocenters. The zero-order valence-corrected chi connectivity index (χ0v) is 23.3. The normalized spacial score (nSPS) is 22.1. The van der Waals surface area contributed by atoms with E-state index in [9.17, 15) is 25.1 Å². The molecule has 4 aromatic carbocycles. The lowest BCUT2D eigenvalue weighted by Gasteiger charge is -2.43. The van der Waals surface area contributed by atoms with E-state index in [-0.39, 0.29) is 12.2 Å². The highest BCUT2D eigenvalue weighted by molar-refractivity contribution is 5.94. The number of benzene rings is 4. The lowest BCUT2D eigenvalue weighted by Crippen LogP contribution is -2.61. The van der Waals surface area contributed by atoms with Crippen molar-refractivity contribution in [1.29, 1.82) is 0 Å². The summed E-state index contributed by atoms with van der Waals surface area (Å²) in [6.45, 7) is -0.216. The van der Waals surface area contributed by atoms with Crippen LogP contribution in [0.15, 0.2) is 115 Å². The van der Waals surface area contributed by atoms with E-state index in [0.717, 1.165) is 16.7 Å². The topological polar surface area (TPSA) is 138 Å². The van der Waals surface area contributed by atoms with Gasteiger partial charge in [-0.25, -0.2) is 4.79 Å². The van der Waals surface area contributed by atoms with Gasteiger partial charge in [-0.1, -0.05) is 103 Å². The van der Waals surface area contributed by atoms with Crippen LogP contribution in [0.5, 0.6) is 0 Å². The number of ether oxygens (including phenoxy) is 4. The third-order valence-electron chi connectivity index (χ3n) is 7.44. The van der Waals surface area contributed by atoms with Gasteiger partial charge in [-0.3, -0.25) is 10.1 Å². The molecule has 1 heterocycles. The highest BCUT2D eigenvalue weighted by Crippen LogP contribution is 2.41. The van der Waals surface area contributed by atoms with Gasteiger partial charge in [-0.2, -0.15) is 0 Å². The summed E-state index contributed by atoms with van der Waals surface area (Å²) in [4.78, 5) is 23.8. The highest BCUT2D eigenvalue weighted by atomic mass is 16.7. The molecule has 43 heavy (non-hydrogen) atoms. The molecule has 5 rings (SSSR count). The summed E-state index contributed by atoms with van der Waals surface area (Å²) < 4.78 is 23.4. The molecule has 0 aromatic heterocycles. The van der Waals surface area contributed by atoms with Gasteiger partial charge >= 0.3 is 5.97 Å². The van der Waals surface area contributed by atoms with Gasteiger partial charge in [0, 0.05) is 13.2 Å². The zero-order chi connectivity index (χ0) is 30.4. The van der Waals surface area contributed by atoms with Gasteiger partial charge in [0.05, 0.1) is 11.5 Å². The van der Waals surface area contributed by atoms with Crippen LogP contribution in [-0.4, -0.2) is 65.5 Å². The number of hydrogen-bond donors (Lipinski definition) is 2. The minimum Gasteiger partial charge on any atom is -0.453 e. The van der Waals surface area contributed by atoms with Crippen LogP contribution in [0.1, 0.15) is 27.0 Å². The van der Waals surface area contributed by atoms with E-state index in [0.29, 0.717) is 0 Å². The molecule has 1 aliphatic rings. The van der Waals surface area contributed by atoms with E-state index >= 15 is 0 Å². The molecule has 4 aromatic rings. The Kier molecular flexibility index (Phi) is 9.24. The molecule has 1 aliphatic heterocycles. The Morgan fingerprint density at radius 2 is 1.30 bits per heavy atom. The lowest BCUT2D eigenvalue weighted by atomic mass is 9.80. The van der Waals surface area contributed by atoms with Crippen LogP contribution in [0.2, 0.25) is 0 Å². The Morgan fingerprint density at radius 3 is 1.79 bits per heavy atom. The summed E-state index contributed by atoms with van der Waals surface area (Å²) in [6.07, 6.45) is -7.13. The van der Waals surface area contributed by atoms with Crippen molar-refractivity contribution >= 4 is 11.7 Å². The van der Waals surface area contributed by atoms with E-state index in [4.69, 9.17) is 18.9 Å². The van der Waals surface area contributed by atoms with Gasteiger partial charge in [0.1, 0.15) is 29.5 Å². The van der Waals surface area contributed by atoms with Gasteiger partial charge in [-0.05, 0) is 22.8 Å². The Balaban J connectivity index is 1.48. The number of aliphatic hydroxyl groups excluding tert-OH is 2. The zero-order valence-electron chi connectivity index (χ0n) is 23.3. The Morgan fingerprint density at radius 1 is 0.814 bits per heavy atom. The maximum atomic E-state index is 13.0. The van der Waals surface area contributed by atoms with Gasteiger partial charge < -0.3 is 29.2 Å². The van der Waals surface area contributed by atoms with E-state index in [1.807, 2.05) is 91.0 Å². The number of methoxy groups -OCH3 is 1. The molecule has 1 fully saturated rings. The van der Waals surface area contributed by atoms with E-state index < -0.39 is 52.9 Å². The standard InChI is InChI=1S/C33H31NO9/c1-40-32-29(36)30(43-31(37)25-19-11-12-20-26(25)34(38)39)28(35)27(42-32)21-41-33(22-13-5-2-6-14-22,23-15-7-3-8-16-23)24-17-9-4-10-18-24/h2-20,27-30,32,35-36H,21H2,1H3/t27-,28-,29-,30+,32+/m1/s1. The molecule has 0 aliphatic carbocycles. The number of carbonyl (C=O) groups excluding carboxylic acids is 1. The molecular weight excluding hydrogens is 554 g/mol. The molecule has 0 bridgehead atoms. The molecular formula is C33H31NO9. The first-order valence-electron chi connectivity index (χ1n) is 13.7. The number of esters is 1. The number of rotatable bonds is 10. The van der Waals surface area contributed by atoms with Crippen LogP contribution in [-0.2, 0) is 24.5 Å². The van der Waals surface area contributed by atoms with E-state index in [1.54, 1.807) is 0 Å². The minimum absolute atomic E-state index is 0.216. The number of carbonyl (C=O) groups is 1. The van der Waals surface area contributed by atoms with Gasteiger partial charge in [0.2, 0.25) is 0 Å². The van der Waals surface area contributed by atoms with Crippen molar-refractivity contribution in [3.05, 3.63) is 148 Å². The number of nitro benzene ring substituents is 1. The van der Waals surface area contributed by atoms with Crippen LogP contribution < -0.4 is 0 Å². The van der Waals surface area contributed by atoms with Crippen LogP contribution in [0.3, 0.4) is 0 Å². The molecule has 2 N–H and O–H groups in total. The third kappa shape index (κ3) is 6.05. The van der Waals surface area contributed by atoms with Crippen LogP contribution >= 0.6 is 0 Å². The average molecular weight is 586 g/mol. The van der Waals surface area contributed by atoms with Crippen molar-refractivity contribution in [2.45, 2.75) is 36.3 Å². The largest absolute Gasteiger partial charge is 0.453 e. The molecule has 0 spiro atoms. The minimum atomic E-state index is -1.59. The summed E-state index contributed by atoms with van der Waals surface area (Å²) >= 11 is 0. The van der Waals surface area contributed by atoms with Crippen molar-refractivity contribution in [2.75, 3.05) is 13.7 Å². The summed E-state index contributed by atoms with van der Waals surface area (Å²) in [5.74, 6) is -1.08. The molecule has 5 atom stereocenters.